The second kappa shape index (κ2) is 7.03. The Bertz CT molecular complexity index is 616. The van der Waals surface area contributed by atoms with Gasteiger partial charge in [0.25, 0.3) is 0 Å². The molecule has 1 N–H and O–H groups in total. The number of sulfone groups is 1. The van der Waals surface area contributed by atoms with Crippen LogP contribution in [-0.4, -0.2) is 51.8 Å². The van der Waals surface area contributed by atoms with Crippen molar-refractivity contribution in [2.24, 2.45) is 0 Å². The van der Waals surface area contributed by atoms with Gasteiger partial charge in [-0.1, -0.05) is 6.07 Å². The van der Waals surface area contributed by atoms with Gasteiger partial charge in [0.1, 0.15) is 0 Å². The Kier molecular flexibility index (Phi) is 5.34. The van der Waals surface area contributed by atoms with Gasteiger partial charge in [-0.25, -0.2) is 8.42 Å². The van der Waals surface area contributed by atoms with Crippen molar-refractivity contribution in [3.63, 3.8) is 0 Å². The highest BCUT2D eigenvalue weighted by Gasteiger charge is 2.21. The first-order valence-corrected chi connectivity index (χ1v) is 8.82. The van der Waals surface area contributed by atoms with Crippen LogP contribution in [0.4, 0.5) is 0 Å². The number of nitriles is 1. The molecular weight excluding hydrogens is 286 g/mol. The van der Waals surface area contributed by atoms with Crippen LogP contribution in [0.5, 0.6) is 0 Å². The molecule has 0 amide bonds. The molecule has 5 nitrogen and oxygen atoms in total. The summed E-state index contributed by atoms with van der Waals surface area (Å²) < 4.78 is 24.7. The Morgan fingerprint density at radius 1 is 1.48 bits per heavy atom. The average molecular weight is 307 g/mol. The third-order valence-corrected chi connectivity index (χ3v) is 5.62. The Labute approximate surface area is 126 Å². The monoisotopic (exact) mass is 307 g/mol. The molecule has 1 aromatic rings. The second-order valence-corrected chi connectivity index (χ2v) is 7.55. The van der Waals surface area contributed by atoms with Crippen molar-refractivity contribution >= 4 is 9.84 Å². The zero-order valence-corrected chi connectivity index (χ0v) is 13.1. The van der Waals surface area contributed by atoms with Gasteiger partial charge in [0, 0.05) is 19.1 Å². The predicted octanol–water partition coefficient (Wildman–Crippen LogP) is 1.02. The van der Waals surface area contributed by atoms with E-state index in [1.165, 1.54) is 6.07 Å². The minimum atomic E-state index is -3.34. The lowest BCUT2D eigenvalue weighted by Crippen LogP contribution is -2.45. The van der Waals surface area contributed by atoms with Crippen LogP contribution < -0.4 is 5.32 Å². The van der Waals surface area contributed by atoms with Crippen molar-refractivity contribution in [2.45, 2.75) is 23.8 Å². The first-order valence-electron chi connectivity index (χ1n) is 7.17. The van der Waals surface area contributed by atoms with E-state index in [2.05, 4.69) is 10.2 Å². The highest BCUT2D eigenvalue weighted by atomic mass is 32.2. The fourth-order valence-corrected chi connectivity index (χ4v) is 3.89. The molecule has 0 spiro atoms. The van der Waals surface area contributed by atoms with Gasteiger partial charge in [0.05, 0.1) is 22.3 Å². The molecule has 2 rings (SSSR count). The molecule has 1 aliphatic rings. The van der Waals surface area contributed by atoms with Crippen molar-refractivity contribution in [1.82, 2.24) is 10.2 Å². The SMILES string of the molecule is CN(CCS(=O)(=O)c1cccc(C#N)c1)C1CCCNC1. The summed E-state index contributed by atoms with van der Waals surface area (Å²) in [5.41, 5.74) is 0.376. The summed E-state index contributed by atoms with van der Waals surface area (Å²) in [5.74, 6) is 0.0783. The summed E-state index contributed by atoms with van der Waals surface area (Å²) >= 11 is 0. The molecule has 1 aromatic carbocycles. The number of rotatable bonds is 5. The van der Waals surface area contributed by atoms with Crippen LogP contribution in [0.1, 0.15) is 18.4 Å². The molecule has 1 aliphatic heterocycles. The quantitative estimate of drug-likeness (QED) is 0.879. The minimum absolute atomic E-state index is 0.0783. The fourth-order valence-electron chi connectivity index (χ4n) is 2.53. The van der Waals surface area contributed by atoms with Crippen LogP contribution in [0.3, 0.4) is 0 Å². The number of nitrogens with zero attached hydrogens (tertiary/aromatic N) is 2. The minimum Gasteiger partial charge on any atom is -0.315 e. The maximum atomic E-state index is 12.3. The van der Waals surface area contributed by atoms with E-state index in [-0.39, 0.29) is 10.6 Å². The number of likely N-dealkylation sites (N-methyl/N-ethyl adjacent to an activating group) is 1. The molecule has 1 unspecified atom stereocenters. The Hall–Kier alpha value is -1.42. The van der Waals surface area contributed by atoms with Crippen molar-refractivity contribution in [3.8, 4) is 6.07 Å². The van der Waals surface area contributed by atoms with E-state index in [0.29, 0.717) is 18.2 Å². The summed E-state index contributed by atoms with van der Waals surface area (Å²) in [5, 5.41) is 12.2. The highest BCUT2D eigenvalue weighted by molar-refractivity contribution is 7.91. The molecular formula is C15H21N3O2S. The van der Waals surface area contributed by atoms with Crippen molar-refractivity contribution < 1.29 is 8.42 Å². The van der Waals surface area contributed by atoms with Gasteiger partial charge in [0.2, 0.25) is 0 Å². The van der Waals surface area contributed by atoms with Gasteiger partial charge in [-0.15, -0.1) is 0 Å². The third kappa shape index (κ3) is 4.27. The third-order valence-electron chi connectivity index (χ3n) is 3.93. The molecule has 1 fully saturated rings. The van der Waals surface area contributed by atoms with E-state index < -0.39 is 9.84 Å². The van der Waals surface area contributed by atoms with E-state index in [9.17, 15) is 8.42 Å². The molecule has 0 aromatic heterocycles. The predicted molar refractivity (Wildman–Crippen MR) is 81.7 cm³/mol. The van der Waals surface area contributed by atoms with Gasteiger partial charge in [-0.05, 0) is 44.6 Å². The summed E-state index contributed by atoms with van der Waals surface area (Å²) in [6.07, 6.45) is 2.24. The van der Waals surface area contributed by atoms with Crippen molar-refractivity contribution in [2.75, 3.05) is 32.4 Å². The van der Waals surface area contributed by atoms with Crippen LogP contribution >= 0.6 is 0 Å². The van der Waals surface area contributed by atoms with E-state index in [4.69, 9.17) is 5.26 Å². The smallest absolute Gasteiger partial charge is 0.179 e. The molecule has 1 saturated heterocycles. The Balaban J connectivity index is 1.99. The molecule has 1 heterocycles. The second-order valence-electron chi connectivity index (χ2n) is 5.44. The number of piperidine rings is 1. The molecule has 6 heteroatoms. The first-order chi connectivity index (χ1) is 10.0. The number of benzene rings is 1. The topological polar surface area (TPSA) is 73.2 Å². The number of nitrogens with one attached hydrogen (secondary N) is 1. The zero-order valence-electron chi connectivity index (χ0n) is 12.2. The van der Waals surface area contributed by atoms with Gasteiger partial charge in [-0.3, -0.25) is 0 Å². The van der Waals surface area contributed by atoms with Gasteiger partial charge in [-0.2, -0.15) is 5.26 Å². The summed E-state index contributed by atoms with van der Waals surface area (Å²) in [7, 11) is -1.37. The lowest BCUT2D eigenvalue weighted by atomic mass is 10.1. The van der Waals surface area contributed by atoms with Crippen LogP contribution in [0.2, 0.25) is 0 Å². The normalized spacial score (nSPS) is 19.4. The summed E-state index contributed by atoms with van der Waals surface area (Å²) in [4.78, 5) is 2.34. The van der Waals surface area contributed by atoms with Crippen molar-refractivity contribution in [3.05, 3.63) is 29.8 Å². The molecule has 0 bridgehead atoms. The molecule has 0 saturated carbocycles. The van der Waals surface area contributed by atoms with E-state index >= 15 is 0 Å². The summed E-state index contributed by atoms with van der Waals surface area (Å²) in [6.45, 7) is 2.47. The van der Waals surface area contributed by atoms with E-state index in [0.717, 1.165) is 25.9 Å². The molecule has 0 radical (unpaired) electrons. The molecule has 21 heavy (non-hydrogen) atoms. The zero-order chi connectivity index (χ0) is 15.3. The van der Waals surface area contributed by atoms with Crippen LogP contribution in [0.25, 0.3) is 0 Å². The van der Waals surface area contributed by atoms with Crippen LogP contribution in [0, 0.1) is 11.3 Å². The lowest BCUT2D eigenvalue weighted by Gasteiger charge is -2.31. The van der Waals surface area contributed by atoms with Gasteiger partial charge >= 0.3 is 0 Å². The van der Waals surface area contributed by atoms with Crippen LogP contribution in [0.15, 0.2) is 29.2 Å². The maximum Gasteiger partial charge on any atom is 0.179 e. The maximum absolute atomic E-state index is 12.3. The largest absolute Gasteiger partial charge is 0.315 e. The molecule has 0 aliphatic carbocycles. The standard InChI is InChI=1S/C15H21N3O2S/c1-18(14-5-3-7-17-12-14)8-9-21(19,20)15-6-2-4-13(10-15)11-16/h2,4,6,10,14,17H,3,5,7-9,12H2,1H3. The Morgan fingerprint density at radius 3 is 2.95 bits per heavy atom. The highest BCUT2D eigenvalue weighted by Crippen LogP contribution is 2.14. The molecule has 114 valence electrons. The van der Waals surface area contributed by atoms with Crippen LogP contribution in [-0.2, 0) is 9.84 Å². The number of hydrogen-bond donors (Lipinski definition) is 1. The fraction of sp³-hybridized carbons (Fsp3) is 0.533. The average Bonchev–Trinajstić information content (AvgIpc) is 2.53. The first kappa shape index (κ1) is 16.0. The van der Waals surface area contributed by atoms with E-state index in [1.807, 2.05) is 13.1 Å². The lowest BCUT2D eigenvalue weighted by molar-refractivity contribution is 0.213. The van der Waals surface area contributed by atoms with Gasteiger partial charge in [0.15, 0.2) is 9.84 Å². The summed E-state index contributed by atoms with van der Waals surface area (Å²) in [6, 6.07) is 8.59. The Morgan fingerprint density at radius 2 is 2.29 bits per heavy atom. The molecule has 1 atom stereocenters. The number of hydrogen-bond acceptors (Lipinski definition) is 5. The van der Waals surface area contributed by atoms with Crippen molar-refractivity contribution in [1.29, 1.82) is 5.26 Å². The van der Waals surface area contributed by atoms with E-state index in [1.54, 1.807) is 18.2 Å². The van der Waals surface area contributed by atoms with Gasteiger partial charge < -0.3 is 10.2 Å².